The molecule has 2 aromatic heterocycles. The Labute approximate surface area is 181 Å². The molecule has 9 nitrogen and oxygen atoms in total. The number of nitrogens with zero attached hydrogens (tertiary/aromatic N) is 5. The minimum Gasteiger partial charge on any atom is -0.463 e. The summed E-state index contributed by atoms with van der Waals surface area (Å²) in [7, 11) is 0. The van der Waals surface area contributed by atoms with E-state index in [0.717, 1.165) is 42.7 Å². The van der Waals surface area contributed by atoms with Crippen LogP contribution in [0.15, 0.2) is 52.4 Å². The molecule has 0 radical (unpaired) electrons. The lowest BCUT2D eigenvalue weighted by atomic mass is 10.1. The number of benzene rings is 1. The first-order valence-electron chi connectivity index (χ1n) is 10.2. The molecule has 1 fully saturated rings. The Morgan fingerprint density at radius 2 is 2.13 bits per heavy atom. The maximum absolute atomic E-state index is 6.31. The smallest absolute Gasteiger partial charge is 0.170 e. The molecule has 1 aromatic carbocycles. The summed E-state index contributed by atoms with van der Waals surface area (Å²) in [4.78, 5) is 8.49. The molecule has 0 bridgehead atoms. The summed E-state index contributed by atoms with van der Waals surface area (Å²) in [5, 5.41) is 7.57. The molecule has 0 aliphatic carbocycles. The number of furan rings is 1. The van der Waals surface area contributed by atoms with Crippen LogP contribution >= 0.6 is 0 Å². The van der Waals surface area contributed by atoms with E-state index in [-0.39, 0.29) is 6.23 Å². The van der Waals surface area contributed by atoms with Gasteiger partial charge in [0.05, 0.1) is 18.5 Å². The molecule has 3 heterocycles. The summed E-state index contributed by atoms with van der Waals surface area (Å²) in [6.07, 6.45) is 6.05. The lowest BCUT2D eigenvalue weighted by Crippen LogP contribution is -2.36. The molecule has 1 atom stereocenters. The van der Waals surface area contributed by atoms with Crippen LogP contribution in [0.3, 0.4) is 0 Å². The van der Waals surface area contributed by atoms with Crippen molar-refractivity contribution in [1.29, 1.82) is 0 Å². The van der Waals surface area contributed by atoms with Gasteiger partial charge in [-0.25, -0.2) is 20.8 Å². The maximum Gasteiger partial charge on any atom is 0.170 e. The van der Waals surface area contributed by atoms with Gasteiger partial charge in [0.15, 0.2) is 17.8 Å². The first-order chi connectivity index (χ1) is 15.1. The number of hydrogen-bond donors (Lipinski definition) is 2. The van der Waals surface area contributed by atoms with Crippen LogP contribution in [0.25, 0.3) is 11.5 Å². The van der Waals surface area contributed by atoms with Gasteiger partial charge in [-0.1, -0.05) is 12.1 Å². The van der Waals surface area contributed by atoms with Crippen molar-refractivity contribution in [3.05, 3.63) is 54.0 Å². The van der Waals surface area contributed by atoms with Crippen LogP contribution < -0.4 is 21.6 Å². The van der Waals surface area contributed by atoms with Gasteiger partial charge in [0, 0.05) is 13.3 Å². The number of anilines is 3. The summed E-state index contributed by atoms with van der Waals surface area (Å²) in [5.41, 5.74) is 10.2. The first kappa shape index (κ1) is 20.8. The lowest BCUT2D eigenvalue weighted by molar-refractivity contribution is 0.0146. The zero-order chi connectivity index (χ0) is 21.8. The highest BCUT2D eigenvalue weighted by Gasteiger charge is 2.23. The Balaban J connectivity index is 1.53. The number of rotatable bonds is 7. The Morgan fingerprint density at radius 1 is 1.26 bits per heavy atom. The molecular formula is C22H27N7O2. The zero-order valence-electron chi connectivity index (χ0n) is 17.6. The number of hydrazone groups is 1. The van der Waals surface area contributed by atoms with Crippen molar-refractivity contribution in [2.24, 2.45) is 10.9 Å². The van der Waals surface area contributed by atoms with E-state index in [2.05, 4.69) is 27.9 Å². The Morgan fingerprint density at radius 3 is 2.81 bits per heavy atom. The number of hydrazine groups is 1. The minimum atomic E-state index is -0.0809. The predicted molar refractivity (Wildman–Crippen MR) is 121 cm³/mol. The van der Waals surface area contributed by atoms with Crippen LogP contribution in [0.4, 0.5) is 17.2 Å². The van der Waals surface area contributed by atoms with E-state index in [0.29, 0.717) is 29.5 Å². The van der Waals surface area contributed by atoms with Gasteiger partial charge in [-0.2, -0.15) is 5.10 Å². The van der Waals surface area contributed by atoms with E-state index < -0.39 is 0 Å². The number of aromatic nitrogens is 2. The Kier molecular flexibility index (Phi) is 6.15. The van der Waals surface area contributed by atoms with Crippen LogP contribution in [-0.2, 0) is 11.3 Å². The fourth-order valence-electron chi connectivity index (χ4n) is 3.81. The van der Waals surface area contributed by atoms with Gasteiger partial charge in [-0.3, -0.25) is 5.01 Å². The second-order valence-corrected chi connectivity index (χ2v) is 7.49. The van der Waals surface area contributed by atoms with Gasteiger partial charge in [0.1, 0.15) is 17.7 Å². The summed E-state index contributed by atoms with van der Waals surface area (Å²) >= 11 is 0. The van der Waals surface area contributed by atoms with Crippen molar-refractivity contribution >= 4 is 23.9 Å². The monoisotopic (exact) mass is 421 g/mol. The zero-order valence-corrected chi connectivity index (χ0v) is 17.6. The van der Waals surface area contributed by atoms with Gasteiger partial charge in [-0.05, 0) is 55.5 Å². The third-order valence-corrected chi connectivity index (χ3v) is 5.33. The van der Waals surface area contributed by atoms with Crippen molar-refractivity contribution in [2.45, 2.75) is 39.0 Å². The van der Waals surface area contributed by atoms with Gasteiger partial charge >= 0.3 is 0 Å². The third-order valence-electron chi connectivity index (χ3n) is 5.33. The normalized spacial score (nSPS) is 16.1. The summed E-state index contributed by atoms with van der Waals surface area (Å²) in [6, 6.07) is 9.67. The van der Waals surface area contributed by atoms with Crippen molar-refractivity contribution in [3.8, 4) is 11.5 Å². The lowest BCUT2D eigenvalue weighted by Gasteiger charge is -2.32. The highest BCUT2D eigenvalue weighted by Crippen LogP contribution is 2.31. The second kappa shape index (κ2) is 9.15. The molecule has 0 amide bonds. The van der Waals surface area contributed by atoms with Crippen molar-refractivity contribution in [3.63, 3.8) is 0 Å². The minimum absolute atomic E-state index is 0.0809. The molecular weight excluding hydrogens is 394 g/mol. The average molecular weight is 422 g/mol. The Bertz CT molecular complexity index is 1030. The van der Waals surface area contributed by atoms with Crippen LogP contribution in [0.1, 0.15) is 30.4 Å². The van der Waals surface area contributed by atoms with E-state index in [1.54, 1.807) is 18.4 Å². The van der Waals surface area contributed by atoms with E-state index in [1.807, 2.05) is 24.1 Å². The van der Waals surface area contributed by atoms with Crippen molar-refractivity contribution in [2.75, 3.05) is 22.4 Å². The third kappa shape index (κ3) is 4.37. The predicted octanol–water partition coefficient (Wildman–Crippen LogP) is 3.46. The van der Waals surface area contributed by atoms with Gasteiger partial charge in [-0.15, -0.1) is 0 Å². The highest BCUT2D eigenvalue weighted by molar-refractivity contribution is 5.78. The standard InChI is InChI=1S/C22H27N7O2/c1-15-12-16(8-9-17(15)29(25-2)19-7-3-4-10-31-19)13-28(24)22-20(23)21(26-14-27-22)18-6-5-11-30-18/h5-6,8-9,11-12,14,19H,2-4,7,10,13,23-24H2,1H3. The molecule has 31 heavy (non-hydrogen) atoms. The van der Waals surface area contributed by atoms with Crippen molar-refractivity contribution in [1.82, 2.24) is 9.97 Å². The van der Waals surface area contributed by atoms with Crippen LogP contribution in [0.5, 0.6) is 0 Å². The summed E-state index contributed by atoms with van der Waals surface area (Å²) in [6.45, 7) is 6.94. The largest absolute Gasteiger partial charge is 0.463 e. The molecule has 1 aliphatic heterocycles. The van der Waals surface area contributed by atoms with E-state index in [1.165, 1.54) is 11.3 Å². The number of hydrogen-bond acceptors (Lipinski definition) is 9. The number of aryl methyl sites for hydroxylation is 1. The maximum atomic E-state index is 6.31. The molecule has 0 spiro atoms. The fourth-order valence-corrected chi connectivity index (χ4v) is 3.81. The first-order valence-corrected chi connectivity index (χ1v) is 10.2. The van der Waals surface area contributed by atoms with Crippen LogP contribution in [0, 0.1) is 6.92 Å². The number of nitrogen functional groups attached to an aromatic ring is 1. The van der Waals surface area contributed by atoms with E-state index >= 15 is 0 Å². The molecule has 1 unspecified atom stereocenters. The summed E-state index contributed by atoms with van der Waals surface area (Å²) < 4.78 is 11.3. The van der Waals surface area contributed by atoms with E-state index in [9.17, 15) is 0 Å². The SMILES string of the molecule is C=NN(c1ccc(CN(N)c2ncnc(-c3ccco3)c2N)cc1C)C1CCCCO1. The molecule has 1 aliphatic rings. The van der Waals surface area contributed by atoms with Crippen LogP contribution in [0.2, 0.25) is 0 Å². The van der Waals surface area contributed by atoms with Crippen molar-refractivity contribution < 1.29 is 9.15 Å². The van der Waals surface area contributed by atoms with Gasteiger partial charge in [0.25, 0.3) is 0 Å². The number of ether oxygens (including phenoxy) is 1. The average Bonchev–Trinajstić information content (AvgIpc) is 3.31. The molecule has 1 saturated heterocycles. The highest BCUT2D eigenvalue weighted by atomic mass is 16.5. The van der Waals surface area contributed by atoms with E-state index in [4.69, 9.17) is 20.7 Å². The fraction of sp³-hybridized carbons (Fsp3) is 0.318. The van der Waals surface area contributed by atoms with Gasteiger partial charge in [0.2, 0.25) is 0 Å². The number of nitrogens with two attached hydrogens (primary N) is 2. The topological polar surface area (TPSA) is 119 Å². The summed E-state index contributed by atoms with van der Waals surface area (Å²) in [5.74, 6) is 7.32. The molecule has 3 aromatic rings. The molecule has 9 heteroatoms. The quantitative estimate of drug-likeness (QED) is 0.338. The molecule has 0 saturated carbocycles. The molecule has 162 valence electrons. The molecule has 4 N–H and O–H groups in total. The Hall–Kier alpha value is -3.43. The van der Waals surface area contributed by atoms with Crippen LogP contribution in [-0.4, -0.2) is 29.5 Å². The van der Waals surface area contributed by atoms with Gasteiger partial charge < -0.3 is 14.9 Å². The molecule has 4 rings (SSSR count). The second-order valence-electron chi connectivity index (χ2n) is 7.49.